The first-order valence-electron chi connectivity index (χ1n) is 6.92. The molecular formula is C16H26N2O2. The summed E-state index contributed by atoms with van der Waals surface area (Å²) < 4.78 is 5.23. The number of aryl methyl sites for hydroxylation is 1. The molecule has 0 aliphatic carbocycles. The van der Waals surface area contributed by atoms with E-state index in [-0.39, 0.29) is 17.5 Å². The second-order valence-corrected chi connectivity index (χ2v) is 6.15. The van der Waals surface area contributed by atoms with E-state index in [1.54, 1.807) is 7.11 Å². The van der Waals surface area contributed by atoms with Crippen molar-refractivity contribution in [2.45, 2.75) is 52.7 Å². The average Bonchev–Trinajstić information content (AvgIpc) is 2.34. The van der Waals surface area contributed by atoms with Crippen molar-refractivity contribution >= 4 is 5.91 Å². The molecule has 4 nitrogen and oxygen atoms in total. The van der Waals surface area contributed by atoms with Gasteiger partial charge in [0.25, 0.3) is 0 Å². The first-order chi connectivity index (χ1) is 9.23. The van der Waals surface area contributed by atoms with Crippen LogP contribution in [0.3, 0.4) is 0 Å². The van der Waals surface area contributed by atoms with Gasteiger partial charge < -0.3 is 15.4 Å². The molecule has 1 aromatic rings. The van der Waals surface area contributed by atoms with Gasteiger partial charge >= 0.3 is 0 Å². The fraction of sp³-hybridized carbons (Fsp3) is 0.562. The van der Waals surface area contributed by atoms with E-state index in [1.165, 1.54) is 0 Å². The lowest BCUT2D eigenvalue weighted by Gasteiger charge is -2.23. The number of nitrogens with one attached hydrogen (secondary N) is 2. The minimum absolute atomic E-state index is 0.0164. The lowest BCUT2D eigenvalue weighted by molar-refractivity contribution is -0.124. The molecule has 0 saturated carbocycles. The molecule has 20 heavy (non-hydrogen) atoms. The van der Waals surface area contributed by atoms with Crippen molar-refractivity contribution in [1.82, 2.24) is 10.6 Å². The van der Waals surface area contributed by atoms with Gasteiger partial charge in [-0.3, -0.25) is 4.79 Å². The lowest BCUT2D eigenvalue weighted by atomic mass is 10.1. The summed E-state index contributed by atoms with van der Waals surface area (Å²) in [4.78, 5) is 12.0. The van der Waals surface area contributed by atoms with Gasteiger partial charge in [0.05, 0.1) is 13.2 Å². The van der Waals surface area contributed by atoms with E-state index in [0.29, 0.717) is 6.54 Å². The molecule has 0 bridgehead atoms. The van der Waals surface area contributed by atoms with Crippen LogP contribution in [0.15, 0.2) is 18.2 Å². The van der Waals surface area contributed by atoms with Crippen molar-refractivity contribution in [2.75, 3.05) is 7.11 Å². The average molecular weight is 278 g/mol. The Hall–Kier alpha value is -1.55. The van der Waals surface area contributed by atoms with Crippen LogP contribution >= 0.6 is 0 Å². The van der Waals surface area contributed by atoms with Crippen molar-refractivity contribution in [3.63, 3.8) is 0 Å². The lowest BCUT2D eigenvalue weighted by Crippen LogP contribution is -2.49. The summed E-state index contributed by atoms with van der Waals surface area (Å²) in [6.07, 6.45) is 0. The Labute approximate surface area is 121 Å². The number of rotatable bonds is 5. The van der Waals surface area contributed by atoms with Crippen molar-refractivity contribution in [3.8, 4) is 5.75 Å². The van der Waals surface area contributed by atoms with E-state index >= 15 is 0 Å². The molecule has 112 valence electrons. The Morgan fingerprint density at radius 1 is 1.35 bits per heavy atom. The van der Waals surface area contributed by atoms with Crippen LogP contribution in [0, 0.1) is 6.92 Å². The molecule has 0 aliphatic heterocycles. The number of ether oxygens (including phenoxy) is 1. The SMILES string of the molecule is COc1ccc(CNC(C)C(=O)NC(C)(C)C)cc1C. The molecule has 0 saturated heterocycles. The molecule has 0 aromatic heterocycles. The van der Waals surface area contributed by atoms with Crippen LogP contribution in [0.1, 0.15) is 38.8 Å². The highest BCUT2D eigenvalue weighted by atomic mass is 16.5. The van der Waals surface area contributed by atoms with Crippen molar-refractivity contribution in [3.05, 3.63) is 29.3 Å². The Morgan fingerprint density at radius 3 is 2.50 bits per heavy atom. The zero-order chi connectivity index (χ0) is 15.3. The van der Waals surface area contributed by atoms with E-state index in [2.05, 4.69) is 16.7 Å². The van der Waals surface area contributed by atoms with Crippen molar-refractivity contribution < 1.29 is 9.53 Å². The predicted octanol–water partition coefficient (Wildman–Crippen LogP) is 2.40. The van der Waals surface area contributed by atoms with E-state index in [4.69, 9.17) is 4.74 Å². The van der Waals surface area contributed by atoms with Crippen LogP contribution in [0.2, 0.25) is 0 Å². The van der Waals surface area contributed by atoms with Gasteiger partial charge in [0.2, 0.25) is 5.91 Å². The highest BCUT2D eigenvalue weighted by molar-refractivity contribution is 5.81. The number of methoxy groups -OCH3 is 1. The maximum Gasteiger partial charge on any atom is 0.237 e. The third-order valence-electron chi connectivity index (χ3n) is 2.96. The molecular weight excluding hydrogens is 252 g/mol. The molecule has 1 amide bonds. The van der Waals surface area contributed by atoms with E-state index < -0.39 is 0 Å². The molecule has 1 aromatic carbocycles. The summed E-state index contributed by atoms with van der Waals surface area (Å²) in [6.45, 7) is 10.5. The molecule has 4 heteroatoms. The highest BCUT2D eigenvalue weighted by Gasteiger charge is 2.18. The van der Waals surface area contributed by atoms with Gasteiger partial charge in [-0.15, -0.1) is 0 Å². The summed E-state index contributed by atoms with van der Waals surface area (Å²) in [5.41, 5.74) is 2.03. The van der Waals surface area contributed by atoms with Crippen LogP contribution in [-0.4, -0.2) is 24.6 Å². The zero-order valence-electron chi connectivity index (χ0n) is 13.3. The Bertz CT molecular complexity index is 464. The smallest absolute Gasteiger partial charge is 0.237 e. The summed E-state index contributed by atoms with van der Waals surface area (Å²) >= 11 is 0. The van der Waals surface area contributed by atoms with Gasteiger partial charge in [-0.05, 0) is 51.8 Å². The zero-order valence-corrected chi connectivity index (χ0v) is 13.3. The highest BCUT2D eigenvalue weighted by Crippen LogP contribution is 2.18. The van der Waals surface area contributed by atoms with E-state index in [9.17, 15) is 4.79 Å². The maximum atomic E-state index is 12.0. The minimum Gasteiger partial charge on any atom is -0.496 e. The van der Waals surface area contributed by atoms with Gasteiger partial charge in [0, 0.05) is 12.1 Å². The number of benzene rings is 1. The summed E-state index contributed by atoms with van der Waals surface area (Å²) in [5, 5.41) is 6.20. The fourth-order valence-corrected chi connectivity index (χ4v) is 1.89. The fourth-order valence-electron chi connectivity index (χ4n) is 1.89. The van der Waals surface area contributed by atoms with E-state index in [0.717, 1.165) is 16.9 Å². The van der Waals surface area contributed by atoms with Crippen LogP contribution < -0.4 is 15.4 Å². The first-order valence-corrected chi connectivity index (χ1v) is 6.92. The summed E-state index contributed by atoms with van der Waals surface area (Å²) in [5.74, 6) is 0.898. The molecule has 0 heterocycles. The van der Waals surface area contributed by atoms with Gasteiger partial charge in [-0.2, -0.15) is 0 Å². The third-order valence-corrected chi connectivity index (χ3v) is 2.96. The van der Waals surface area contributed by atoms with Crippen LogP contribution in [0.25, 0.3) is 0 Å². The molecule has 1 atom stereocenters. The summed E-state index contributed by atoms with van der Waals surface area (Å²) in [6, 6.07) is 5.80. The quantitative estimate of drug-likeness (QED) is 0.869. The van der Waals surface area contributed by atoms with Crippen molar-refractivity contribution in [1.29, 1.82) is 0 Å². The Balaban J connectivity index is 2.54. The van der Waals surface area contributed by atoms with Crippen LogP contribution in [0.4, 0.5) is 0 Å². The molecule has 1 unspecified atom stereocenters. The third kappa shape index (κ3) is 5.21. The Morgan fingerprint density at radius 2 is 2.00 bits per heavy atom. The molecule has 0 aliphatic rings. The Kier molecular flexibility index (Phi) is 5.57. The van der Waals surface area contributed by atoms with Crippen molar-refractivity contribution in [2.24, 2.45) is 0 Å². The monoisotopic (exact) mass is 278 g/mol. The first kappa shape index (κ1) is 16.5. The van der Waals surface area contributed by atoms with Gasteiger partial charge in [0.15, 0.2) is 0 Å². The van der Waals surface area contributed by atoms with Gasteiger partial charge in [0.1, 0.15) is 5.75 Å². The molecule has 0 spiro atoms. The number of hydrogen-bond donors (Lipinski definition) is 2. The van der Waals surface area contributed by atoms with Gasteiger partial charge in [-0.1, -0.05) is 12.1 Å². The second kappa shape index (κ2) is 6.75. The van der Waals surface area contributed by atoms with Crippen LogP contribution in [-0.2, 0) is 11.3 Å². The topological polar surface area (TPSA) is 50.4 Å². The molecule has 1 rings (SSSR count). The second-order valence-electron chi connectivity index (χ2n) is 6.15. The molecule has 0 radical (unpaired) electrons. The van der Waals surface area contributed by atoms with Crippen LogP contribution in [0.5, 0.6) is 5.75 Å². The standard InChI is InChI=1S/C16H26N2O2/c1-11-9-13(7-8-14(11)20-6)10-17-12(2)15(19)18-16(3,4)5/h7-9,12,17H,10H2,1-6H3,(H,18,19). The molecule has 0 fully saturated rings. The molecule has 2 N–H and O–H groups in total. The number of hydrogen-bond acceptors (Lipinski definition) is 3. The maximum absolute atomic E-state index is 12.0. The number of carbonyl (C=O) groups excluding carboxylic acids is 1. The number of amides is 1. The largest absolute Gasteiger partial charge is 0.496 e. The van der Waals surface area contributed by atoms with Gasteiger partial charge in [-0.25, -0.2) is 0 Å². The summed E-state index contributed by atoms with van der Waals surface area (Å²) in [7, 11) is 1.67. The van der Waals surface area contributed by atoms with E-state index in [1.807, 2.05) is 46.8 Å². The predicted molar refractivity (Wildman–Crippen MR) is 81.9 cm³/mol. The normalized spacial score (nSPS) is 12.9. The number of carbonyl (C=O) groups is 1. The minimum atomic E-state index is -0.225.